The van der Waals surface area contributed by atoms with Gasteiger partial charge >= 0.3 is 6.18 Å². The third-order valence-electron chi connectivity index (χ3n) is 10.0. The summed E-state index contributed by atoms with van der Waals surface area (Å²) < 4.78 is 65.6. The Bertz CT molecular complexity index is 2790. The number of benzene rings is 6. The fourth-order valence-electron chi connectivity index (χ4n) is 6.73. The molecule has 66 heavy (non-hydrogen) atoms. The van der Waals surface area contributed by atoms with E-state index in [4.69, 9.17) is 18.9 Å². The summed E-state index contributed by atoms with van der Waals surface area (Å²) in [7, 11) is 6.63. The molecule has 0 bridgehead atoms. The SMILES string of the molecule is COc1c[c-]c(-n2[c-][n+](-c3ccc(OC)cc3)c3ccccc32)cc1.COc1c[c-]c(-n2[c-][n+](-c3ccc(OC)cc3)c3ccccc32)cc1.FC(F)(F)c1cc(-c2ccccn2)[n-]n1.[Ir]. The van der Waals surface area contributed by atoms with E-state index in [9.17, 15) is 13.2 Å². The number of halogens is 3. The average Bonchev–Trinajstić information content (AvgIpc) is 4.12. The largest absolute Gasteiger partial charge is 0.573 e. The number of para-hydroxylation sites is 4. The maximum Gasteiger partial charge on any atom is 0.431 e. The molecule has 4 aromatic heterocycles. The van der Waals surface area contributed by atoms with E-state index in [1.165, 1.54) is 6.20 Å². The van der Waals surface area contributed by atoms with E-state index in [2.05, 4.69) is 64.2 Å². The van der Waals surface area contributed by atoms with Crippen molar-refractivity contribution in [2.75, 3.05) is 28.4 Å². The minimum absolute atomic E-state index is 0. The number of hydrogen-bond acceptors (Lipinski definition) is 6. The van der Waals surface area contributed by atoms with Gasteiger partial charge in [0.1, 0.15) is 17.2 Å². The van der Waals surface area contributed by atoms with Crippen molar-refractivity contribution >= 4 is 22.1 Å². The number of ether oxygens (including phenoxy) is 4. The van der Waals surface area contributed by atoms with Gasteiger partial charge in [0.15, 0.2) is 0 Å². The molecule has 4 heterocycles. The summed E-state index contributed by atoms with van der Waals surface area (Å²) in [6, 6.07) is 56.0. The maximum absolute atomic E-state index is 12.2. The topological polar surface area (TPSA) is 94.4 Å². The van der Waals surface area contributed by atoms with Crippen molar-refractivity contribution in [3.63, 3.8) is 0 Å². The number of alkyl halides is 3. The van der Waals surface area contributed by atoms with Crippen LogP contribution >= 0.6 is 0 Å². The standard InChI is InChI=1S/2C21H17N2O2.C9H5F3N3.Ir/c2*1-24-18-11-7-16(8-12-18)22-15-23(21-6-4-3-5-20(21)22)17-9-13-19(25-2)14-10-17;10-9(11,12)8-5-7(14-15-8)6-3-1-2-4-13-6;/h2*3-9,11-14H,1-2H3;1-5H;/q3*-1;. The van der Waals surface area contributed by atoms with Crippen LogP contribution < -0.4 is 33.2 Å². The Morgan fingerprint density at radius 3 is 1.36 bits per heavy atom. The van der Waals surface area contributed by atoms with Gasteiger partial charge < -0.3 is 38.3 Å². The fourth-order valence-corrected chi connectivity index (χ4v) is 6.73. The zero-order valence-corrected chi connectivity index (χ0v) is 38.2. The molecule has 0 N–H and O–H groups in total. The minimum atomic E-state index is -4.46. The molecule has 1 radical (unpaired) electrons. The Morgan fingerprint density at radius 2 is 0.985 bits per heavy atom. The van der Waals surface area contributed by atoms with Gasteiger partial charge in [-0.1, -0.05) is 60.3 Å². The van der Waals surface area contributed by atoms with Crippen molar-refractivity contribution in [1.82, 2.24) is 24.3 Å². The van der Waals surface area contributed by atoms with Crippen molar-refractivity contribution in [3.05, 3.63) is 194 Å². The molecule has 0 amide bonds. The molecule has 10 aromatic rings. The molecule has 0 aliphatic rings. The normalized spacial score (nSPS) is 10.8. The van der Waals surface area contributed by atoms with Crippen molar-refractivity contribution in [3.8, 4) is 57.1 Å². The van der Waals surface area contributed by atoms with Crippen LogP contribution in [-0.4, -0.2) is 47.7 Å². The van der Waals surface area contributed by atoms with E-state index < -0.39 is 11.9 Å². The molecule has 0 spiro atoms. The van der Waals surface area contributed by atoms with Gasteiger partial charge in [0.2, 0.25) is 0 Å². The number of nitrogens with zero attached hydrogens (tertiary/aromatic N) is 7. The first-order valence-corrected chi connectivity index (χ1v) is 20.0. The maximum atomic E-state index is 12.2. The van der Waals surface area contributed by atoms with Crippen LogP contribution in [0.3, 0.4) is 0 Å². The van der Waals surface area contributed by atoms with Crippen LogP contribution in [0.1, 0.15) is 5.69 Å². The number of rotatable bonds is 9. The predicted molar refractivity (Wildman–Crippen MR) is 237 cm³/mol. The van der Waals surface area contributed by atoms with Gasteiger partial charge in [0, 0.05) is 43.5 Å². The van der Waals surface area contributed by atoms with Gasteiger partial charge in [0.25, 0.3) is 12.7 Å². The zero-order chi connectivity index (χ0) is 45.3. The minimum Gasteiger partial charge on any atom is -0.573 e. The quantitative estimate of drug-likeness (QED) is 0.105. The first-order valence-electron chi connectivity index (χ1n) is 20.0. The average molecular weight is 1060 g/mol. The molecule has 0 saturated carbocycles. The summed E-state index contributed by atoms with van der Waals surface area (Å²) in [5.74, 6) is 3.22. The predicted octanol–water partition coefficient (Wildman–Crippen LogP) is 9.17. The second-order valence-electron chi connectivity index (χ2n) is 14.0. The van der Waals surface area contributed by atoms with Crippen LogP contribution in [0.5, 0.6) is 23.0 Å². The second kappa shape index (κ2) is 20.8. The van der Waals surface area contributed by atoms with E-state index in [-0.39, 0.29) is 25.8 Å². The third kappa shape index (κ3) is 10.3. The molecule has 11 nitrogen and oxygen atoms in total. The van der Waals surface area contributed by atoms with Crippen molar-refractivity contribution in [2.24, 2.45) is 0 Å². The first-order chi connectivity index (χ1) is 31.7. The van der Waals surface area contributed by atoms with Gasteiger partial charge in [-0.2, -0.15) is 37.4 Å². The number of imidazole rings is 2. The molecule has 6 aromatic carbocycles. The molecule has 0 saturated heterocycles. The van der Waals surface area contributed by atoms with Crippen molar-refractivity contribution < 1.29 is 61.4 Å². The van der Waals surface area contributed by atoms with Gasteiger partial charge in [0.05, 0.1) is 61.9 Å². The summed E-state index contributed by atoms with van der Waals surface area (Å²) in [4.78, 5) is 3.87. The van der Waals surface area contributed by atoms with Gasteiger partial charge in [-0.05, 0) is 78.1 Å². The number of fused-ring (bicyclic) bond motifs is 2. The number of aromatic nitrogens is 7. The number of methoxy groups -OCH3 is 4. The molecular weight excluding hydrogens is 1020 g/mol. The Hall–Kier alpha value is -7.74. The molecule has 15 heteroatoms. The van der Waals surface area contributed by atoms with E-state index >= 15 is 0 Å². The molecule has 0 aliphatic heterocycles. The van der Waals surface area contributed by atoms with E-state index in [0.29, 0.717) is 5.69 Å². The van der Waals surface area contributed by atoms with Crippen LogP contribution in [0, 0.1) is 24.8 Å². The molecule has 10 rings (SSSR count). The summed E-state index contributed by atoms with van der Waals surface area (Å²) in [5.41, 5.74) is 7.60. The third-order valence-corrected chi connectivity index (χ3v) is 10.0. The Balaban J connectivity index is 0.000000151. The summed E-state index contributed by atoms with van der Waals surface area (Å²) in [6.07, 6.45) is 3.86. The second-order valence-corrected chi connectivity index (χ2v) is 14.0. The molecule has 0 fully saturated rings. The van der Waals surface area contributed by atoms with Crippen LogP contribution in [0.4, 0.5) is 13.2 Å². The van der Waals surface area contributed by atoms with E-state index in [1.54, 1.807) is 46.6 Å². The van der Waals surface area contributed by atoms with Gasteiger partial charge in [-0.25, -0.2) is 0 Å². The van der Waals surface area contributed by atoms with Gasteiger partial charge in [-0.3, -0.25) is 14.1 Å². The summed E-state index contributed by atoms with van der Waals surface area (Å²) in [5, 5.41) is 6.47. The Morgan fingerprint density at radius 1 is 0.545 bits per heavy atom. The molecular formula is C51H39F3IrN7O4-3. The van der Waals surface area contributed by atoms with Crippen LogP contribution in [-0.2, 0) is 26.3 Å². The Kier molecular flexibility index (Phi) is 14.6. The fraction of sp³-hybridized carbons (Fsp3) is 0.0980. The van der Waals surface area contributed by atoms with E-state index in [0.717, 1.165) is 73.9 Å². The molecule has 335 valence electrons. The molecule has 0 unspecified atom stereocenters. The van der Waals surface area contributed by atoms with Crippen LogP contribution in [0.2, 0.25) is 0 Å². The number of hydrogen-bond donors (Lipinski definition) is 0. The Labute approximate surface area is 392 Å². The number of pyridine rings is 1. The van der Waals surface area contributed by atoms with E-state index in [1.807, 2.05) is 127 Å². The smallest absolute Gasteiger partial charge is 0.431 e. The monoisotopic (exact) mass is 1060 g/mol. The van der Waals surface area contributed by atoms with Crippen molar-refractivity contribution in [1.29, 1.82) is 0 Å². The summed E-state index contributed by atoms with van der Waals surface area (Å²) >= 11 is 0. The first kappa shape index (κ1) is 46.3. The van der Waals surface area contributed by atoms with Crippen molar-refractivity contribution in [2.45, 2.75) is 6.18 Å². The summed E-state index contributed by atoms with van der Waals surface area (Å²) in [6.45, 7) is 0. The van der Waals surface area contributed by atoms with Crippen LogP contribution in [0.25, 0.3) is 56.2 Å². The van der Waals surface area contributed by atoms with Gasteiger partial charge in [-0.15, -0.1) is 24.3 Å². The molecule has 0 atom stereocenters. The molecule has 0 aliphatic carbocycles. The zero-order valence-electron chi connectivity index (χ0n) is 35.8. The van der Waals surface area contributed by atoms with Crippen LogP contribution in [0.15, 0.2) is 164 Å².